The number of aryl methyl sites for hydroxylation is 1. The summed E-state index contributed by atoms with van der Waals surface area (Å²) in [4.78, 5) is 17.2. The average molecular weight is 345 g/mol. The molecule has 2 aromatic heterocycles. The molecule has 24 heavy (non-hydrogen) atoms. The van der Waals surface area contributed by atoms with Crippen LogP contribution < -0.4 is 10.6 Å². The van der Waals surface area contributed by atoms with Crippen molar-refractivity contribution in [2.24, 2.45) is 0 Å². The van der Waals surface area contributed by atoms with Crippen LogP contribution in [0.25, 0.3) is 10.1 Å². The lowest BCUT2D eigenvalue weighted by Gasteiger charge is -2.23. The first-order valence-electron chi connectivity index (χ1n) is 7.76. The molecule has 1 aromatic carbocycles. The molecule has 8 heteroatoms. The summed E-state index contributed by atoms with van der Waals surface area (Å²) >= 11 is 1.55. The van der Waals surface area contributed by atoms with Crippen LogP contribution in [-0.2, 0) is 19.5 Å². The summed E-state index contributed by atoms with van der Waals surface area (Å²) in [6, 6.07) is 6.47. The third-order valence-electron chi connectivity index (χ3n) is 4.09. The lowest BCUT2D eigenvalue weighted by molar-refractivity contribution is 0.231. The molecular formula is C16H16FN5OS. The van der Waals surface area contributed by atoms with E-state index in [0.29, 0.717) is 13.1 Å². The first kappa shape index (κ1) is 15.1. The Kier molecular flexibility index (Phi) is 3.89. The quantitative estimate of drug-likeness (QED) is 0.766. The molecule has 0 radical (unpaired) electrons. The number of benzene rings is 1. The van der Waals surface area contributed by atoms with Gasteiger partial charge in [-0.05, 0) is 36.1 Å². The number of hydrogen-bond donors (Lipinski definition) is 2. The number of halogens is 1. The fraction of sp³-hybridized carbons (Fsp3) is 0.312. The minimum atomic E-state index is -0.248. The maximum Gasteiger partial charge on any atom is 0.315 e. The second-order valence-corrected chi connectivity index (χ2v) is 6.98. The van der Waals surface area contributed by atoms with Gasteiger partial charge in [-0.2, -0.15) is 5.10 Å². The van der Waals surface area contributed by atoms with Crippen molar-refractivity contribution >= 4 is 27.5 Å². The Labute approximate surface area is 141 Å². The van der Waals surface area contributed by atoms with Crippen molar-refractivity contribution in [2.45, 2.75) is 32.0 Å². The molecule has 0 aliphatic carbocycles. The standard InChI is InChI=1S/C16H16FN5OS/c17-11-1-3-14-10(5-11)6-13(24-14)7-18-16(23)21-12-2-4-15-19-9-20-22(15)8-12/h1,3,5-6,9,12H,2,4,7-8H2,(H2,18,21,23)/t12-/m0/s1. The van der Waals surface area contributed by atoms with Gasteiger partial charge >= 0.3 is 6.03 Å². The molecule has 0 fully saturated rings. The highest BCUT2D eigenvalue weighted by atomic mass is 32.1. The predicted molar refractivity (Wildman–Crippen MR) is 89.3 cm³/mol. The van der Waals surface area contributed by atoms with Gasteiger partial charge in [-0.15, -0.1) is 11.3 Å². The highest BCUT2D eigenvalue weighted by Gasteiger charge is 2.21. The summed E-state index contributed by atoms with van der Waals surface area (Å²) < 4.78 is 16.1. The van der Waals surface area contributed by atoms with Crippen LogP contribution in [0.1, 0.15) is 17.1 Å². The smallest absolute Gasteiger partial charge is 0.315 e. The SMILES string of the molecule is O=C(NCc1cc2cc(F)ccc2s1)N[C@H]1CCc2ncnn2C1. The molecule has 1 aliphatic rings. The molecule has 0 unspecified atom stereocenters. The van der Waals surface area contributed by atoms with Gasteiger partial charge in [-0.1, -0.05) is 0 Å². The molecule has 2 amide bonds. The molecule has 1 atom stereocenters. The molecule has 6 nitrogen and oxygen atoms in total. The maximum atomic E-state index is 13.2. The van der Waals surface area contributed by atoms with Gasteiger partial charge < -0.3 is 10.6 Å². The van der Waals surface area contributed by atoms with Gasteiger partial charge in [0.1, 0.15) is 18.0 Å². The number of thiophene rings is 1. The third-order valence-corrected chi connectivity index (χ3v) is 5.21. The fourth-order valence-corrected chi connectivity index (χ4v) is 3.90. The minimum Gasteiger partial charge on any atom is -0.334 e. The summed E-state index contributed by atoms with van der Waals surface area (Å²) in [7, 11) is 0. The molecule has 4 rings (SSSR count). The number of carbonyl (C=O) groups excluding carboxylic acids is 1. The number of aromatic nitrogens is 3. The van der Waals surface area contributed by atoms with E-state index in [1.807, 2.05) is 10.7 Å². The number of fused-ring (bicyclic) bond motifs is 2. The number of urea groups is 1. The Hall–Kier alpha value is -2.48. The maximum absolute atomic E-state index is 13.2. The van der Waals surface area contributed by atoms with Crippen molar-refractivity contribution in [1.82, 2.24) is 25.4 Å². The Morgan fingerprint density at radius 3 is 3.25 bits per heavy atom. The van der Waals surface area contributed by atoms with E-state index >= 15 is 0 Å². The second-order valence-electron chi connectivity index (χ2n) is 5.82. The van der Waals surface area contributed by atoms with E-state index in [4.69, 9.17) is 0 Å². The molecule has 2 N–H and O–H groups in total. The molecule has 3 aromatic rings. The first-order valence-corrected chi connectivity index (χ1v) is 8.58. The molecule has 124 valence electrons. The van der Waals surface area contributed by atoms with Gasteiger partial charge in [-0.3, -0.25) is 0 Å². The summed E-state index contributed by atoms with van der Waals surface area (Å²) in [5, 5.41) is 10.8. The highest BCUT2D eigenvalue weighted by molar-refractivity contribution is 7.19. The monoisotopic (exact) mass is 345 g/mol. The van der Waals surface area contributed by atoms with Crippen molar-refractivity contribution < 1.29 is 9.18 Å². The van der Waals surface area contributed by atoms with Crippen molar-refractivity contribution in [3.8, 4) is 0 Å². The summed E-state index contributed by atoms with van der Waals surface area (Å²) in [6.45, 7) is 1.07. The number of nitrogens with zero attached hydrogens (tertiary/aromatic N) is 3. The van der Waals surface area contributed by atoms with Gasteiger partial charge in [0.2, 0.25) is 0 Å². The zero-order chi connectivity index (χ0) is 16.5. The number of hydrogen-bond acceptors (Lipinski definition) is 4. The van der Waals surface area contributed by atoms with Crippen molar-refractivity contribution in [3.05, 3.63) is 47.1 Å². The molecule has 0 bridgehead atoms. The van der Waals surface area contributed by atoms with E-state index in [1.54, 1.807) is 23.7 Å². The number of rotatable bonds is 3. The minimum absolute atomic E-state index is 0.0516. The predicted octanol–water partition coefficient (Wildman–Crippen LogP) is 2.45. The van der Waals surface area contributed by atoms with Gasteiger partial charge in [0.25, 0.3) is 0 Å². The van der Waals surface area contributed by atoms with Crippen LogP contribution in [0, 0.1) is 5.82 Å². The van der Waals surface area contributed by atoms with E-state index in [0.717, 1.165) is 33.6 Å². The Bertz CT molecular complexity index is 890. The zero-order valence-corrected chi connectivity index (χ0v) is 13.6. The molecule has 0 saturated carbocycles. The van der Waals surface area contributed by atoms with Crippen molar-refractivity contribution in [3.63, 3.8) is 0 Å². The van der Waals surface area contributed by atoms with Crippen LogP contribution in [0.4, 0.5) is 9.18 Å². The molecule has 1 aliphatic heterocycles. The van der Waals surface area contributed by atoms with Crippen LogP contribution in [0.5, 0.6) is 0 Å². The normalized spacial score (nSPS) is 16.8. The van der Waals surface area contributed by atoms with E-state index in [-0.39, 0.29) is 17.9 Å². The van der Waals surface area contributed by atoms with Crippen LogP contribution in [0.3, 0.4) is 0 Å². The van der Waals surface area contributed by atoms with E-state index in [9.17, 15) is 9.18 Å². The van der Waals surface area contributed by atoms with Gasteiger partial charge in [0.05, 0.1) is 19.1 Å². The third kappa shape index (κ3) is 3.09. The second kappa shape index (κ2) is 6.20. The molecule has 0 saturated heterocycles. The Morgan fingerprint density at radius 1 is 1.42 bits per heavy atom. The average Bonchev–Trinajstić information content (AvgIpc) is 3.18. The first-order chi connectivity index (χ1) is 11.7. The number of amides is 2. The van der Waals surface area contributed by atoms with E-state index < -0.39 is 0 Å². The topological polar surface area (TPSA) is 71.8 Å². The van der Waals surface area contributed by atoms with Crippen LogP contribution in [-0.4, -0.2) is 26.8 Å². The Balaban J connectivity index is 1.33. The van der Waals surface area contributed by atoms with Crippen molar-refractivity contribution in [2.75, 3.05) is 0 Å². The van der Waals surface area contributed by atoms with Crippen molar-refractivity contribution in [1.29, 1.82) is 0 Å². The van der Waals surface area contributed by atoms with Crippen LogP contribution in [0.15, 0.2) is 30.6 Å². The highest BCUT2D eigenvalue weighted by Crippen LogP contribution is 2.26. The van der Waals surface area contributed by atoms with Crippen LogP contribution >= 0.6 is 11.3 Å². The van der Waals surface area contributed by atoms with Crippen LogP contribution in [0.2, 0.25) is 0 Å². The van der Waals surface area contributed by atoms with E-state index in [1.165, 1.54) is 12.1 Å². The largest absolute Gasteiger partial charge is 0.334 e. The summed E-state index contributed by atoms with van der Waals surface area (Å²) in [5.74, 6) is 0.716. The zero-order valence-electron chi connectivity index (χ0n) is 12.8. The molecular weight excluding hydrogens is 329 g/mol. The lowest BCUT2D eigenvalue weighted by Crippen LogP contribution is -2.45. The summed E-state index contributed by atoms with van der Waals surface area (Å²) in [5.41, 5.74) is 0. The fourth-order valence-electron chi connectivity index (χ4n) is 2.92. The molecule has 0 spiro atoms. The number of nitrogens with one attached hydrogen (secondary N) is 2. The lowest BCUT2D eigenvalue weighted by atomic mass is 10.1. The van der Waals surface area contributed by atoms with Gasteiger partial charge in [0, 0.05) is 16.0 Å². The number of carbonyl (C=O) groups is 1. The molecule has 3 heterocycles. The van der Waals surface area contributed by atoms with Gasteiger partial charge in [-0.25, -0.2) is 18.9 Å². The Morgan fingerprint density at radius 2 is 2.33 bits per heavy atom. The summed E-state index contributed by atoms with van der Waals surface area (Å²) in [6.07, 6.45) is 3.21. The van der Waals surface area contributed by atoms with E-state index in [2.05, 4.69) is 20.7 Å². The van der Waals surface area contributed by atoms with Gasteiger partial charge in [0.15, 0.2) is 0 Å².